The van der Waals surface area contributed by atoms with Crippen LogP contribution in [-0.4, -0.2) is 13.2 Å². The van der Waals surface area contributed by atoms with Gasteiger partial charge in [-0.05, 0) is 43.2 Å². The zero-order valence-corrected chi connectivity index (χ0v) is 16.4. The minimum atomic E-state index is 0.556. The predicted molar refractivity (Wildman–Crippen MR) is 114 cm³/mol. The van der Waals surface area contributed by atoms with E-state index in [2.05, 4.69) is 26.0 Å². The van der Waals surface area contributed by atoms with Crippen LogP contribution in [0.1, 0.15) is 11.1 Å². The van der Waals surface area contributed by atoms with Crippen LogP contribution in [0, 0.1) is 13.8 Å². The summed E-state index contributed by atoms with van der Waals surface area (Å²) in [6.45, 7) is 5.30. The molecule has 1 aromatic heterocycles. The molecule has 5 rings (SSSR count). The minimum absolute atomic E-state index is 0.556. The summed E-state index contributed by atoms with van der Waals surface area (Å²) in [6, 6.07) is 22.1. The molecule has 1 aliphatic rings. The molecule has 0 bridgehead atoms. The zero-order chi connectivity index (χ0) is 19.8. The van der Waals surface area contributed by atoms with Gasteiger partial charge in [0.05, 0.1) is 11.0 Å². The summed E-state index contributed by atoms with van der Waals surface area (Å²) in [5, 5.41) is 1.89. The Balaban J connectivity index is 1.76. The van der Waals surface area contributed by atoms with Gasteiger partial charge in [-0.2, -0.15) is 0 Å². The molecule has 4 heteroatoms. The molecule has 0 saturated heterocycles. The molecular formula is C25H21NO3. The van der Waals surface area contributed by atoms with Crippen LogP contribution in [0.3, 0.4) is 0 Å². The minimum Gasteiger partial charge on any atom is -0.486 e. The van der Waals surface area contributed by atoms with Gasteiger partial charge in [-0.15, -0.1) is 0 Å². The molecule has 0 amide bonds. The number of benzene rings is 3. The molecule has 1 aliphatic heterocycles. The van der Waals surface area contributed by atoms with Crippen LogP contribution in [0.4, 0.5) is 5.69 Å². The van der Waals surface area contributed by atoms with E-state index in [-0.39, 0.29) is 0 Å². The summed E-state index contributed by atoms with van der Waals surface area (Å²) in [4.78, 5) is 4.96. The van der Waals surface area contributed by atoms with Crippen molar-refractivity contribution in [3.05, 3.63) is 83.2 Å². The number of ether oxygens (including phenoxy) is 2. The maximum absolute atomic E-state index is 6.27. The summed E-state index contributed by atoms with van der Waals surface area (Å²) in [6.07, 6.45) is 0. The largest absolute Gasteiger partial charge is 0.486 e. The van der Waals surface area contributed by atoms with Crippen molar-refractivity contribution in [1.29, 1.82) is 0 Å². The molecule has 0 saturated carbocycles. The average molecular weight is 383 g/mol. The maximum Gasteiger partial charge on any atom is 0.163 e. The summed E-state index contributed by atoms with van der Waals surface area (Å²) >= 11 is 0. The van der Waals surface area contributed by atoms with E-state index < -0.39 is 0 Å². The lowest BCUT2D eigenvalue weighted by atomic mass is 10.0. The summed E-state index contributed by atoms with van der Waals surface area (Å²) in [7, 11) is 0. The van der Waals surface area contributed by atoms with Crippen molar-refractivity contribution in [2.45, 2.75) is 13.8 Å². The Morgan fingerprint density at radius 1 is 0.793 bits per heavy atom. The summed E-state index contributed by atoms with van der Waals surface area (Å²) < 4.78 is 17.6. The molecule has 0 unspecified atom stereocenters. The molecule has 144 valence electrons. The number of fused-ring (bicyclic) bond motifs is 2. The van der Waals surface area contributed by atoms with Crippen LogP contribution in [0.5, 0.6) is 11.5 Å². The van der Waals surface area contributed by atoms with Crippen molar-refractivity contribution >= 4 is 16.7 Å². The van der Waals surface area contributed by atoms with Crippen LogP contribution < -0.4 is 14.8 Å². The van der Waals surface area contributed by atoms with Crippen LogP contribution in [0.25, 0.3) is 22.3 Å². The monoisotopic (exact) mass is 383 g/mol. The fraction of sp³-hybridized carbons (Fsp3) is 0.160. The Morgan fingerprint density at radius 2 is 1.59 bits per heavy atom. The van der Waals surface area contributed by atoms with E-state index in [1.54, 1.807) is 0 Å². The second kappa shape index (κ2) is 7.13. The second-order valence-corrected chi connectivity index (χ2v) is 7.26. The normalized spacial score (nSPS) is 13.7. The average Bonchev–Trinajstić information content (AvgIpc) is 2.73. The van der Waals surface area contributed by atoms with E-state index in [1.807, 2.05) is 54.6 Å². The highest BCUT2D eigenvalue weighted by molar-refractivity contribution is 5.82. The van der Waals surface area contributed by atoms with Crippen molar-refractivity contribution in [2.24, 2.45) is 4.99 Å². The lowest BCUT2D eigenvalue weighted by molar-refractivity contribution is 0.171. The van der Waals surface area contributed by atoms with Crippen molar-refractivity contribution in [3.63, 3.8) is 0 Å². The zero-order valence-electron chi connectivity index (χ0n) is 16.4. The predicted octanol–water partition coefficient (Wildman–Crippen LogP) is 5.72. The third-order valence-corrected chi connectivity index (χ3v) is 5.02. The van der Waals surface area contributed by atoms with Gasteiger partial charge in [0.1, 0.15) is 24.6 Å². The molecule has 0 aliphatic carbocycles. The smallest absolute Gasteiger partial charge is 0.163 e. The van der Waals surface area contributed by atoms with Gasteiger partial charge >= 0.3 is 0 Å². The summed E-state index contributed by atoms with van der Waals surface area (Å²) in [5.41, 5.74) is 4.97. The maximum atomic E-state index is 6.27. The van der Waals surface area contributed by atoms with Crippen molar-refractivity contribution in [3.8, 4) is 22.8 Å². The lowest BCUT2D eigenvalue weighted by Gasteiger charge is -2.18. The Morgan fingerprint density at radius 3 is 2.41 bits per heavy atom. The molecule has 0 N–H and O–H groups in total. The molecule has 0 fully saturated rings. The highest BCUT2D eigenvalue weighted by atomic mass is 16.6. The van der Waals surface area contributed by atoms with Gasteiger partial charge in [-0.1, -0.05) is 36.4 Å². The van der Waals surface area contributed by atoms with Gasteiger partial charge in [0, 0.05) is 23.1 Å². The lowest BCUT2D eigenvalue weighted by Crippen LogP contribution is -2.15. The quantitative estimate of drug-likeness (QED) is 0.445. The standard InChI is InChI=1S/C25H21NO3/c1-16-12-17(2)25-20(26-19-8-9-21-23(14-19)28-11-10-27-21)15-22(29-24(25)13-16)18-6-4-3-5-7-18/h3-9,12-15H,10-11H2,1-2H3. The number of aryl methyl sites for hydroxylation is 2. The van der Waals surface area contributed by atoms with Crippen LogP contribution in [-0.2, 0) is 0 Å². The number of rotatable bonds is 2. The van der Waals surface area contributed by atoms with E-state index in [1.165, 1.54) is 0 Å². The molecular weight excluding hydrogens is 362 g/mol. The molecule has 0 spiro atoms. The molecule has 29 heavy (non-hydrogen) atoms. The first-order chi connectivity index (χ1) is 14.2. The first kappa shape index (κ1) is 17.6. The van der Waals surface area contributed by atoms with Crippen molar-refractivity contribution in [1.82, 2.24) is 0 Å². The Hall–Kier alpha value is -3.53. The molecule has 0 atom stereocenters. The molecule has 3 aromatic carbocycles. The fourth-order valence-electron chi connectivity index (χ4n) is 3.76. The first-order valence-electron chi connectivity index (χ1n) is 9.72. The molecule has 4 aromatic rings. The third kappa shape index (κ3) is 3.38. The first-order valence-corrected chi connectivity index (χ1v) is 9.72. The molecule has 4 nitrogen and oxygen atoms in total. The van der Waals surface area contributed by atoms with E-state index in [4.69, 9.17) is 18.9 Å². The van der Waals surface area contributed by atoms with Gasteiger partial charge in [0.2, 0.25) is 0 Å². The topological polar surface area (TPSA) is 44.0 Å². The summed E-state index contributed by atoms with van der Waals surface area (Å²) in [5.74, 6) is 2.29. The van der Waals surface area contributed by atoms with Gasteiger partial charge in [-0.25, -0.2) is 4.99 Å². The Bertz CT molecular complexity index is 1270. The van der Waals surface area contributed by atoms with Crippen LogP contribution in [0.2, 0.25) is 0 Å². The molecule has 0 radical (unpaired) electrons. The SMILES string of the molecule is Cc1cc(C)c2c(=Nc3ccc4c(c3)OCCO4)cc(-c3ccccc3)oc2c1. The van der Waals surface area contributed by atoms with E-state index >= 15 is 0 Å². The van der Waals surface area contributed by atoms with Crippen LogP contribution >= 0.6 is 0 Å². The number of hydrogen-bond acceptors (Lipinski definition) is 4. The van der Waals surface area contributed by atoms with Gasteiger partial charge < -0.3 is 13.9 Å². The van der Waals surface area contributed by atoms with Gasteiger partial charge in [-0.3, -0.25) is 0 Å². The third-order valence-electron chi connectivity index (χ3n) is 5.02. The fourth-order valence-corrected chi connectivity index (χ4v) is 3.76. The van der Waals surface area contributed by atoms with Crippen molar-refractivity contribution < 1.29 is 13.9 Å². The second-order valence-electron chi connectivity index (χ2n) is 7.26. The van der Waals surface area contributed by atoms with Gasteiger partial charge in [0.25, 0.3) is 0 Å². The Labute approximate surface area is 169 Å². The highest BCUT2D eigenvalue weighted by Crippen LogP contribution is 2.34. The highest BCUT2D eigenvalue weighted by Gasteiger charge is 2.13. The number of hydrogen-bond donors (Lipinski definition) is 0. The number of nitrogens with zero attached hydrogens (tertiary/aromatic N) is 1. The Kier molecular flexibility index (Phi) is 4.32. The van der Waals surface area contributed by atoms with E-state index in [0.717, 1.165) is 56.0 Å². The van der Waals surface area contributed by atoms with Crippen molar-refractivity contribution in [2.75, 3.05) is 13.2 Å². The van der Waals surface area contributed by atoms with Gasteiger partial charge in [0.15, 0.2) is 11.5 Å². The van der Waals surface area contributed by atoms with E-state index in [0.29, 0.717) is 13.2 Å². The molecule has 2 heterocycles. The van der Waals surface area contributed by atoms with E-state index in [9.17, 15) is 0 Å². The van der Waals surface area contributed by atoms with Crippen LogP contribution in [0.15, 0.2) is 76.1 Å².